The number of hydrogen-bond donors (Lipinski definition) is 1. The van der Waals surface area contributed by atoms with Crippen molar-refractivity contribution in [3.8, 4) is 0 Å². The van der Waals surface area contributed by atoms with Gasteiger partial charge in [-0.1, -0.05) is 5.57 Å². The lowest BCUT2D eigenvalue weighted by Crippen LogP contribution is -2.45. The third-order valence-electron chi connectivity index (χ3n) is 3.36. The second-order valence-electron chi connectivity index (χ2n) is 4.18. The zero-order chi connectivity index (χ0) is 10.1. The van der Waals surface area contributed by atoms with Gasteiger partial charge in [-0.25, -0.2) is 0 Å². The van der Waals surface area contributed by atoms with Gasteiger partial charge < -0.3 is 10.1 Å². The fourth-order valence-corrected chi connectivity index (χ4v) is 2.46. The lowest BCUT2D eigenvalue weighted by atomic mass is 9.77. The van der Waals surface area contributed by atoms with Gasteiger partial charge in [0.05, 0.1) is 0 Å². The number of carbonyl (C=O) groups excluding carboxylic acids is 1. The second kappa shape index (κ2) is 3.83. The summed E-state index contributed by atoms with van der Waals surface area (Å²) in [6.45, 7) is 3.18. The Morgan fingerprint density at radius 2 is 2.36 bits per heavy atom. The van der Waals surface area contributed by atoms with Crippen molar-refractivity contribution in [2.75, 3.05) is 13.7 Å². The van der Waals surface area contributed by atoms with Crippen LogP contribution in [0.1, 0.15) is 19.8 Å². The van der Waals surface area contributed by atoms with E-state index in [-0.39, 0.29) is 11.9 Å². The van der Waals surface area contributed by atoms with Gasteiger partial charge >= 0.3 is 0 Å². The Balaban J connectivity index is 2.20. The molecule has 1 aliphatic carbocycles. The molecule has 0 amide bonds. The van der Waals surface area contributed by atoms with Crippen LogP contribution in [0, 0.1) is 5.92 Å². The largest absolute Gasteiger partial charge is 0.373 e. The minimum atomic E-state index is -0.217. The third-order valence-corrected chi connectivity index (χ3v) is 3.36. The molecule has 1 aliphatic heterocycles. The maximum atomic E-state index is 11.6. The van der Waals surface area contributed by atoms with Crippen LogP contribution in [0.5, 0.6) is 0 Å². The summed E-state index contributed by atoms with van der Waals surface area (Å²) in [4.78, 5) is 11.6. The molecule has 3 heteroatoms. The van der Waals surface area contributed by atoms with Gasteiger partial charge in [0.2, 0.25) is 0 Å². The summed E-state index contributed by atoms with van der Waals surface area (Å²) in [5.41, 5.74) is 1.31. The van der Waals surface area contributed by atoms with Gasteiger partial charge in [0.25, 0.3) is 0 Å². The summed E-state index contributed by atoms with van der Waals surface area (Å²) >= 11 is 0. The van der Waals surface area contributed by atoms with Gasteiger partial charge in [0.1, 0.15) is 6.10 Å². The van der Waals surface area contributed by atoms with Gasteiger partial charge in [-0.05, 0) is 38.3 Å². The fraction of sp³-hybridized carbons (Fsp3) is 0.727. The molecule has 0 aromatic heterocycles. The molecule has 3 atom stereocenters. The van der Waals surface area contributed by atoms with Crippen LogP contribution >= 0.6 is 0 Å². The fourth-order valence-electron chi connectivity index (χ4n) is 2.46. The predicted molar refractivity (Wildman–Crippen MR) is 54.1 cm³/mol. The quantitative estimate of drug-likeness (QED) is 0.675. The molecule has 0 saturated carbocycles. The first kappa shape index (κ1) is 9.87. The minimum Gasteiger partial charge on any atom is -0.373 e. The smallest absolute Gasteiger partial charge is 0.184 e. The number of methoxy groups -OCH3 is 1. The molecule has 2 rings (SSSR count). The zero-order valence-corrected chi connectivity index (χ0v) is 8.75. The minimum absolute atomic E-state index is 0.146. The van der Waals surface area contributed by atoms with E-state index in [2.05, 4.69) is 12.2 Å². The van der Waals surface area contributed by atoms with E-state index in [4.69, 9.17) is 4.74 Å². The van der Waals surface area contributed by atoms with Gasteiger partial charge in [0, 0.05) is 13.2 Å². The molecule has 2 aliphatic rings. The molecule has 0 spiro atoms. The van der Waals surface area contributed by atoms with Crippen molar-refractivity contribution in [3.63, 3.8) is 0 Å². The monoisotopic (exact) mass is 195 g/mol. The van der Waals surface area contributed by atoms with Crippen LogP contribution in [0.25, 0.3) is 0 Å². The first-order valence-corrected chi connectivity index (χ1v) is 5.23. The topological polar surface area (TPSA) is 38.3 Å². The molecule has 0 bridgehead atoms. The lowest BCUT2D eigenvalue weighted by molar-refractivity contribution is -0.125. The number of rotatable bonds is 1. The molecule has 0 radical (unpaired) electrons. The first-order chi connectivity index (χ1) is 6.72. The van der Waals surface area contributed by atoms with Crippen molar-refractivity contribution in [1.82, 2.24) is 5.32 Å². The van der Waals surface area contributed by atoms with Gasteiger partial charge in [-0.15, -0.1) is 0 Å². The van der Waals surface area contributed by atoms with Gasteiger partial charge in [-0.2, -0.15) is 0 Å². The van der Waals surface area contributed by atoms with Crippen molar-refractivity contribution in [3.05, 3.63) is 11.6 Å². The highest BCUT2D eigenvalue weighted by atomic mass is 16.5. The van der Waals surface area contributed by atoms with E-state index in [1.54, 1.807) is 13.2 Å². The summed E-state index contributed by atoms with van der Waals surface area (Å²) in [5, 5.41) is 3.43. The molecular formula is C11H17NO2. The van der Waals surface area contributed by atoms with Crippen molar-refractivity contribution < 1.29 is 9.53 Å². The van der Waals surface area contributed by atoms with Gasteiger partial charge in [-0.3, -0.25) is 4.79 Å². The highest BCUT2D eigenvalue weighted by Gasteiger charge is 2.34. The molecule has 1 heterocycles. The average Bonchev–Trinajstić information content (AvgIpc) is 2.17. The summed E-state index contributed by atoms with van der Waals surface area (Å²) in [6.07, 6.45) is 3.44. The maximum Gasteiger partial charge on any atom is 0.184 e. The average molecular weight is 195 g/mol. The summed E-state index contributed by atoms with van der Waals surface area (Å²) in [6, 6.07) is 0.473. The Morgan fingerprint density at radius 3 is 3.07 bits per heavy atom. The molecule has 0 aromatic rings. The van der Waals surface area contributed by atoms with E-state index in [0.29, 0.717) is 12.0 Å². The Morgan fingerprint density at radius 1 is 1.57 bits per heavy atom. The normalized spacial score (nSPS) is 37.7. The standard InChI is InChI=1S/C11H17NO2/c1-7-9-6-11(14-2)10(13)5-8(9)3-4-12-7/h5,7,9,11-12H,3-4,6H2,1-2H3. The van der Waals surface area contributed by atoms with Crippen LogP contribution in [0.2, 0.25) is 0 Å². The summed E-state index contributed by atoms with van der Waals surface area (Å²) in [7, 11) is 1.61. The van der Waals surface area contributed by atoms with Crippen LogP contribution in [-0.4, -0.2) is 31.6 Å². The van der Waals surface area contributed by atoms with E-state index in [1.807, 2.05) is 0 Å². The molecule has 14 heavy (non-hydrogen) atoms. The van der Waals surface area contributed by atoms with Crippen molar-refractivity contribution in [2.24, 2.45) is 5.92 Å². The highest BCUT2D eigenvalue weighted by molar-refractivity contribution is 5.95. The number of hydrogen-bond acceptors (Lipinski definition) is 3. The predicted octanol–water partition coefficient (Wildman–Crippen LogP) is 0.899. The molecule has 1 N–H and O–H groups in total. The van der Waals surface area contributed by atoms with E-state index in [1.165, 1.54) is 5.57 Å². The zero-order valence-electron chi connectivity index (χ0n) is 8.75. The number of ketones is 1. The Kier molecular flexibility index (Phi) is 2.70. The Labute approximate surface area is 84.5 Å². The summed E-state index contributed by atoms with van der Waals surface area (Å²) < 4.78 is 5.18. The van der Waals surface area contributed by atoms with Crippen LogP contribution in [0.4, 0.5) is 0 Å². The van der Waals surface area contributed by atoms with Crippen molar-refractivity contribution in [2.45, 2.75) is 31.9 Å². The molecule has 78 valence electrons. The van der Waals surface area contributed by atoms with Gasteiger partial charge in [0.15, 0.2) is 5.78 Å². The van der Waals surface area contributed by atoms with Crippen LogP contribution in [0.15, 0.2) is 11.6 Å². The third kappa shape index (κ3) is 1.62. The molecule has 0 aromatic carbocycles. The molecule has 3 unspecified atom stereocenters. The number of ether oxygens (including phenoxy) is 1. The number of fused-ring (bicyclic) bond motifs is 1. The van der Waals surface area contributed by atoms with Crippen molar-refractivity contribution >= 4 is 5.78 Å². The van der Waals surface area contributed by atoms with E-state index in [0.717, 1.165) is 19.4 Å². The Hall–Kier alpha value is -0.670. The first-order valence-electron chi connectivity index (χ1n) is 5.23. The van der Waals surface area contributed by atoms with E-state index >= 15 is 0 Å². The van der Waals surface area contributed by atoms with E-state index in [9.17, 15) is 4.79 Å². The molecular weight excluding hydrogens is 178 g/mol. The van der Waals surface area contributed by atoms with E-state index < -0.39 is 0 Å². The summed E-state index contributed by atoms with van der Waals surface area (Å²) in [5.74, 6) is 0.638. The van der Waals surface area contributed by atoms with Crippen molar-refractivity contribution in [1.29, 1.82) is 0 Å². The Bertz CT molecular complexity index is 272. The number of carbonyl (C=O) groups is 1. The lowest BCUT2D eigenvalue weighted by Gasteiger charge is -2.37. The van der Waals surface area contributed by atoms with Crippen LogP contribution < -0.4 is 5.32 Å². The molecule has 1 fully saturated rings. The molecule has 3 nitrogen and oxygen atoms in total. The van der Waals surface area contributed by atoms with Crippen LogP contribution in [-0.2, 0) is 9.53 Å². The maximum absolute atomic E-state index is 11.6. The molecule has 1 saturated heterocycles. The number of nitrogens with one attached hydrogen (secondary N) is 1. The second-order valence-corrected chi connectivity index (χ2v) is 4.18. The number of piperidine rings is 1. The SMILES string of the molecule is COC1CC2C(=CC1=O)CCNC2C. The van der Waals surface area contributed by atoms with Crippen LogP contribution in [0.3, 0.4) is 0 Å². The highest BCUT2D eigenvalue weighted by Crippen LogP contribution is 2.31.